The fraction of sp³-hybridized carbons (Fsp3) is 0.833. The summed E-state index contributed by atoms with van der Waals surface area (Å²) in [7, 11) is 0. The van der Waals surface area contributed by atoms with Crippen molar-refractivity contribution in [1.29, 1.82) is 0 Å². The Kier molecular flexibility index (Phi) is 2.58. The lowest BCUT2D eigenvalue weighted by Gasteiger charge is -2.46. The summed E-state index contributed by atoms with van der Waals surface area (Å²) in [5.74, 6) is -0.139. The zero-order valence-electron chi connectivity index (χ0n) is 10.1. The van der Waals surface area contributed by atoms with Crippen molar-refractivity contribution in [1.82, 2.24) is 9.80 Å². The molecule has 5 nitrogen and oxygen atoms in total. The number of carbonyl (C=O) groups excluding carboxylic acids is 2. The van der Waals surface area contributed by atoms with Crippen molar-refractivity contribution in [3.8, 4) is 0 Å². The molecule has 0 bridgehead atoms. The maximum absolute atomic E-state index is 12.3. The summed E-state index contributed by atoms with van der Waals surface area (Å²) in [5.41, 5.74) is 0. The molecular weight excluding hydrogens is 220 g/mol. The molecule has 2 atom stereocenters. The van der Waals surface area contributed by atoms with Crippen LogP contribution in [0.15, 0.2) is 0 Å². The summed E-state index contributed by atoms with van der Waals surface area (Å²) >= 11 is 0. The van der Waals surface area contributed by atoms with E-state index < -0.39 is 0 Å². The first-order valence-corrected chi connectivity index (χ1v) is 6.45. The third kappa shape index (κ3) is 1.48. The number of likely N-dealkylation sites (N-methyl/N-ethyl adjacent to an activating group) is 1. The number of rotatable bonds is 2. The third-order valence-electron chi connectivity index (χ3n) is 4.24. The molecule has 0 N–H and O–H groups in total. The predicted octanol–water partition coefficient (Wildman–Crippen LogP) is 0.838. The molecule has 1 saturated carbocycles. The Bertz CT molecular complexity index is 354. The van der Waals surface area contributed by atoms with Gasteiger partial charge in [0.25, 0.3) is 0 Å². The van der Waals surface area contributed by atoms with Crippen LogP contribution in [-0.4, -0.2) is 53.6 Å². The molecule has 0 spiro atoms. The van der Waals surface area contributed by atoms with E-state index in [1.54, 1.807) is 4.90 Å². The number of urea groups is 1. The van der Waals surface area contributed by atoms with E-state index in [9.17, 15) is 9.59 Å². The number of hydrogen-bond acceptors (Lipinski definition) is 3. The first kappa shape index (κ1) is 11.0. The van der Waals surface area contributed by atoms with Gasteiger partial charge in [-0.2, -0.15) is 0 Å². The second kappa shape index (κ2) is 3.98. The van der Waals surface area contributed by atoms with Gasteiger partial charge >= 0.3 is 6.03 Å². The second-order valence-corrected chi connectivity index (χ2v) is 5.07. The lowest BCUT2D eigenvalue weighted by atomic mass is 9.88. The molecule has 3 aliphatic rings. The molecule has 2 unspecified atom stereocenters. The molecule has 2 heterocycles. The van der Waals surface area contributed by atoms with E-state index >= 15 is 0 Å². The summed E-state index contributed by atoms with van der Waals surface area (Å²) in [6.45, 7) is 3.59. The number of imide groups is 1. The zero-order valence-corrected chi connectivity index (χ0v) is 10.1. The standard InChI is InChI=1S/C12H18N2O3/c1-2-13-10-7-17-6-9(10)11(15)14(12(13)16)8-4-3-5-8/h8-10H,2-7H2,1H3. The van der Waals surface area contributed by atoms with Crippen molar-refractivity contribution in [2.45, 2.75) is 38.3 Å². The molecular formula is C12H18N2O3. The average molecular weight is 238 g/mol. The summed E-state index contributed by atoms with van der Waals surface area (Å²) in [6.07, 6.45) is 3.05. The molecule has 3 amide bonds. The number of nitrogens with zero attached hydrogens (tertiary/aromatic N) is 2. The normalized spacial score (nSPS) is 33.9. The van der Waals surface area contributed by atoms with Crippen LogP contribution in [-0.2, 0) is 9.53 Å². The number of ether oxygens (including phenoxy) is 1. The molecule has 3 fully saturated rings. The van der Waals surface area contributed by atoms with Gasteiger partial charge in [0.1, 0.15) is 0 Å². The highest BCUT2D eigenvalue weighted by atomic mass is 16.5. The summed E-state index contributed by atoms with van der Waals surface area (Å²) < 4.78 is 5.38. The molecule has 17 heavy (non-hydrogen) atoms. The van der Waals surface area contributed by atoms with Gasteiger partial charge in [0, 0.05) is 12.6 Å². The molecule has 2 saturated heterocycles. The zero-order chi connectivity index (χ0) is 12.0. The molecule has 5 heteroatoms. The van der Waals surface area contributed by atoms with Crippen molar-refractivity contribution in [2.75, 3.05) is 19.8 Å². The van der Waals surface area contributed by atoms with Crippen LogP contribution in [0, 0.1) is 5.92 Å². The Morgan fingerprint density at radius 3 is 2.65 bits per heavy atom. The summed E-state index contributed by atoms with van der Waals surface area (Å²) in [6, 6.07) is 0.0101. The SMILES string of the molecule is CCN1C(=O)N(C2CCC2)C(=O)C2COCC21. The predicted molar refractivity (Wildman–Crippen MR) is 60.4 cm³/mol. The van der Waals surface area contributed by atoms with E-state index in [1.807, 2.05) is 6.92 Å². The Morgan fingerprint density at radius 2 is 2.06 bits per heavy atom. The van der Waals surface area contributed by atoms with Crippen LogP contribution in [0.3, 0.4) is 0 Å². The smallest absolute Gasteiger partial charge is 0.327 e. The highest BCUT2D eigenvalue weighted by Crippen LogP contribution is 2.34. The van der Waals surface area contributed by atoms with E-state index in [1.165, 1.54) is 4.90 Å². The van der Waals surface area contributed by atoms with E-state index in [0.29, 0.717) is 19.8 Å². The van der Waals surface area contributed by atoms with Crippen LogP contribution in [0.4, 0.5) is 4.79 Å². The Labute approximate surface area is 101 Å². The van der Waals surface area contributed by atoms with Crippen molar-refractivity contribution in [2.24, 2.45) is 5.92 Å². The highest BCUT2D eigenvalue weighted by molar-refractivity contribution is 5.99. The first-order valence-electron chi connectivity index (χ1n) is 6.45. The molecule has 94 valence electrons. The van der Waals surface area contributed by atoms with Crippen molar-refractivity contribution >= 4 is 11.9 Å². The molecule has 0 radical (unpaired) electrons. The van der Waals surface area contributed by atoms with Gasteiger partial charge in [-0.05, 0) is 26.2 Å². The second-order valence-electron chi connectivity index (χ2n) is 5.07. The van der Waals surface area contributed by atoms with Gasteiger partial charge < -0.3 is 9.64 Å². The highest BCUT2D eigenvalue weighted by Gasteiger charge is 2.51. The van der Waals surface area contributed by atoms with Crippen LogP contribution in [0.2, 0.25) is 0 Å². The van der Waals surface area contributed by atoms with Crippen molar-refractivity contribution < 1.29 is 14.3 Å². The van der Waals surface area contributed by atoms with Gasteiger partial charge in [-0.15, -0.1) is 0 Å². The maximum atomic E-state index is 12.3. The van der Waals surface area contributed by atoms with Crippen LogP contribution in [0.25, 0.3) is 0 Å². The van der Waals surface area contributed by atoms with Gasteiger partial charge in [-0.1, -0.05) is 0 Å². The number of fused-ring (bicyclic) bond motifs is 1. The first-order chi connectivity index (χ1) is 8.24. The molecule has 0 aromatic heterocycles. The maximum Gasteiger partial charge on any atom is 0.327 e. The van der Waals surface area contributed by atoms with Gasteiger partial charge in [-0.3, -0.25) is 9.69 Å². The summed E-state index contributed by atoms with van der Waals surface area (Å²) in [4.78, 5) is 27.9. The van der Waals surface area contributed by atoms with Crippen LogP contribution >= 0.6 is 0 Å². The van der Waals surface area contributed by atoms with Crippen molar-refractivity contribution in [3.05, 3.63) is 0 Å². The monoisotopic (exact) mass is 238 g/mol. The minimum absolute atomic E-state index is 0.00750. The molecule has 0 aromatic carbocycles. The Morgan fingerprint density at radius 1 is 1.29 bits per heavy atom. The Balaban J connectivity index is 1.88. The number of amides is 3. The van der Waals surface area contributed by atoms with Gasteiger partial charge in [-0.25, -0.2) is 4.79 Å². The minimum Gasteiger partial charge on any atom is -0.378 e. The quantitative estimate of drug-likeness (QED) is 0.716. The average Bonchev–Trinajstić information content (AvgIpc) is 2.71. The summed E-state index contributed by atoms with van der Waals surface area (Å²) in [5, 5.41) is 0. The third-order valence-corrected chi connectivity index (χ3v) is 4.24. The fourth-order valence-corrected chi connectivity index (χ4v) is 2.99. The minimum atomic E-state index is -0.131. The topological polar surface area (TPSA) is 49.9 Å². The molecule has 2 aliphatic heterocycles. The van der Waals surface area contributed by atoms with Crippen LogP contribution < -0.4 is 0 Å². The van der Waals surface area contributed by atoms with Gasteiger partial charge in [0.2, 0.25) is 5.91 Å². The lowest BCUT2D eigenvalue weighted by Crippen LogP contribution is -2.64. The molecule has 1 aliphatic carbocycles. The molecule has 3 rings (SSSR count). The van der Waals surface area contributed by atoms with E-state index in [0.717, 1.165) is 19.3 Å². The van der Waals surface area contributed by atoms with E-state index in [4.69, 9.17) is 4.74 Å². The molecule has 0 aromatic rings. The van der Waals surface area contributed by atoms with Gasteiger partial charge in [0.15, 0.2) is 0 Å². The lowest BCUT2D eigenvalue weighted by molar-refractivity contribution is -0.141. The number of carbonyl (C=O) groups is 2. The fourth-order valence-electron chi connectivity index (χ4n) is 2.99. The number of hydrogen-bond donors (Lipinski definition) is 0. The largest absolute Gasteiger partial charge is 0.378 e. The van der Waals surface area contributed by atoms with E-state index in [2.05, 4.69) is 0 Å². The van der Waals surface area contributed by atoms with Crippen molar-refractivity contribution in [3.63, 3.8) is 0 Å². The van der Waals surface area contributed by atoms with Crippen LogP contribution in [0.5, 0.6) is 0 Å². The Hall–Kier alpha value is -1.10. The van der Waals surface area contributed by atoms with Crippen LogP contribution in [0.1, 0.15) is 26.2 Å². The van der Waals surface area contributed by atoms with E-state index in [-0.39, 0.29) is 29.9 Å². The van der Waals surface area contributed by atoms with Gasteiger partial charge in [0.05, 0.1) is 25.2 Å².